The topological polar surface area (TPSA) is 26.3 Å². The molecule has 1 aliphatic carbocycles. The minimum Gasteiger partial charge on any atom is -0.450 e. The molecule has 3 heteroatoms. The normalized spacial score (nSPS) is 31.5. The van der Waals surface area contributed by atoms with E-state index in [4.69, 9.17) is 16.3 Å². The first kappa shape index (κ1) is 8.85. The summed E-state index contributed by atoms with van der Waals surface area (Å²) in [6.45, 7) is 2.17. The SMILES string of the molecule is CC1CCCC(OC(=O)Cl)C1. The van der Waals surface area contributed by atoms with E-state index >= 15 is 0 Å². The average Bonchev–Trinajstić information content (AvgIpc) is 1.85. The van der Waals surface area contributed by atoms with E-state index in [1.54, 1.807) is 0 Å². The fourth-order valence-corrected chi connectivity index (χ4v) is 1.74. The summed E-state index contributed by atoms with van der Waals surface area (Å²) in [6, 6.07) is 0. The molecular weight excluding hydrogens is 164 g/mol. The highest BCUT2D eigenvalue weighted by atomic mass is 35.5. The molecule has 0 aromatic carbocycles. The smallest absolute Gasteiger partial charge is 0.404 e. The Kier molecular flexibility index (Phi) is 3.18. The molecule has 0 bridgehead atoms. The number of carbonyl (C=O) groups excluding carboxylic acids is 1. The molecule has 1 saturated carbocycles. The van der Waals surface area contributed by atoms with Crippen molar-refractivity contribution in [2.24, 2.45) is 5.92 Å². The van der Waals surface area contributed by atoms with Gasteiger partial charge in [-0.25, -0.2) is 4.79 Å². The lowest BCUT2D eigenvalue weighted by atomic mass is 9.89. The van der Waals surface area contributed by atoms with Crippen LogP contribution in [0.15, 0.2) is 0 Å². The highest BCUT2D eigenvalue weighted by molar-refractivity contribution is 6.61. The molecular formula is C8H13ClO2. The van der Waals surface area contributed by atoms with Gasteiger partial charge in [-0.15, -0.1) is 0 Å². The van der Waals surface area contributed by atoms with Crippen molar-refractivity contribution in [2.75, 3.05) is 0 Å². The molecule has 64 valence electrons. The van der Waals surface area contributed by atoms with Gasteiger partial charge < -0.3 is 4.74 Å². The first-order chi connectivity index (χ1) is 5.18. The summed E-state index contributed by atoms with van der Waals surface area (Å²) >= 11 is 5.10. The monoisotopic (exact) mass is 176 g/mol. The van der Waals surface area contributed by atoms with Crippen LogP contribution in [0.3, 0.4) is 0 Å². The summed E-state index contributed by atoms with van der Waals surface area (Å²) in [5, 5.41) is 0. The fraction of sp³-hybridized carbons (Fsp3) is 0.875. The van der Waals surface area contributed by atoms with Crippen LogP contribution < -0.4 is 0 Å². The zero-order chi connectivity index (χ0) is 8.27. The Bertz CT molecular complexity index is 147. The third-order valence-electron chi connectivity index (χ3n) is 2.15. The fourth-order valence-electron chi connectivity index (χ4n) is 1.62. The maximum absolute atomic E-state index is 10.4. The lowest BCUT2D eigenvalue weighted by molar-refractivity contribution is 0.0803. The van der Waals surface area contributed by atoms with Crippen molar-refractivity contribution >= 4 is 17.0 Å². The highest BCUT2D eigenvalue weighted by Crippen LogP contribution is 2.25. The molecule has 1 fully saturated rings. The van der Waals surface area contributed by atoms with Gasteiger partial charge in [0.1, 0.15) is 6.10 Å². The van der Waals surface area contributed by atoms with Crippen LogP contribution in [0.2, 0.25) is 0 Å². The van der Waals surface area contributed by atoms with E-state index < -0.39 is 5.43 Å². The van der Waals surface area contributed by atoms with Gasteiger partial charge in [-0.05, 0) is 25.2 Å². The third-order valence-corrected chi connectivity index (χ3v) is 2.24. The summed E-state index contributed by atoms with van der Waals surface area (Å²) in [7, 11) is 0. The molecule has 2 unspecified atom stereocenters. The molecule has 0 spiro atoms. The van der Waals surface area contributed by atoms with Crippen LogP contribution in [0.25, 0.3) is 0 Å². The molecule has 0 heterocycles. The van der Waals surface area contributed by atoms with Gasteiger partial charge in [0.25, 0.3) is 0 Å². The van der Waals surface area contributed by atoms with Gasteiger partial charge in [-0.1, -0.05) is 13.3 Å². The Hall–Kier alpha value is -0.240. The second-order valence-corrected chi connectivity index (χ2v) is 3.56. The average molecular weight is 177 g/mol. The van der Waals surface area contributed by atoms with Crippen LogP contribution in [0.1, 0.15) is 32.6 Å². The molecule has 2 nitrogen and oxygen atoms in total. The van der Waals surface area contributed by atoms with Crippen molar-refractivity contribution in [1.82, 2.24) is 0 Å². The van der Waals surface area contributed by atoms with E-state index in [1.165, 1.54) is 6.42 Å². The first-order valence-corrected chi connectivity index (χ1v) is 4.42. The number of hydrogen-bond donors (Lipinski definition) is 0. The van der Waals surface area contributed by atoms with Crippen molar-refractivity contribution in [2.45, 2.75) is 38.7 Å². The molecule has 1 rings (SSSR count). The second kappa shape index (κ2) is 3.96. The van der Waals surface area contributed by atoms with Gasteiger partial charge in [0, 0.05) is 11.6 Å². The van der Waals surface area contributed by atoms with E-state index in [0.29, 0.717) is 5.92 Å². The van der Waals surface area contributed by atoms with E-state index in [-0.39, 0.29) is 6.10 Å². The zero-order valence-corrected chi connectivity index (χ0v) is 7.43. The van der Waals surface area contributed by atoms with Crippen LogP contribution in [0.4, 0.5) is 4.79 Å². The number of ether oxygens (including phenoxy) is 1. The van der Waals surface area contributed by atoms with Gasteiger partial charge >= 0.3 is 5.43 Å². The van der Waals surface area contributed by atoms with Gasteiger partial charge in [-0.2, -0.15) is 0 Å². The standard InChI is InChI=1S/C8H13ClO2/c1-6-3-2-4-7(5-6)11-8(9)10/h6-7H,2-5H2,1H3. The summed E-state index contributed by atoms with van der Waals surface area (Å²) in [5.41, 5.74) is -0.663. The van der Waals surface area contributed by atoms with Gasteiger partial charge in [0.15, 0.2) is 0 Å². The van der Waals surface area contributed by atoms with Crippen molar-refractivity contribution in [3.05, 3.63) is 0 Å². The van der Waals surface area contributed by atoms with Crippen LogP contribution in [-0.2, 0) is 4.74 Å². The van der Waals surface area contributed by atoms with Crippen LogP contribution in [-0.4, -0.2) is 11.5 Å². The van der Waals surface area contributed by atoms with Crippen LogP contribution in [0, 0.1) is 5.92 Å². The second-order valence-electron chi connectivity index (χ2n) is 3.25. The molecule has 0 aromatic rings. The highest BCUT2D eigenvalue weighted by Gasteiger charge is 2.21. The first-order valence-electron chi connectivity index (χ1n) is 4.04. The zero-order valence-electron chi connectivity index (χ0n) is 6.68. The van der Waals surface area contributed by atoms with Gasteiger partial charge in [-0.3, -0.25) is 0 Å². The van der Waals surface area contributed by atoms with E-state index in [9.17, 15) is 4.79 Å². The van der Waals surface area contributed by atoms with Crippen molar-refractivity contribution < 1.29 is 9.53 Å². The number of hydrogen-bond acceptors (Lipinski definition) is 2. The van der Waals surface area contributed by atoms with Crippen LogP contribution in [0.5, 0.6) is 0 Å². The summed E-state index contributed by atoms with van der Waals surface area (Å²) < 4.78 is 4.89. The lowest BCUT2D eigenvalue weighted by Crippen LogP contribution is -2.22. The molecule has 0 aromatic heterocycles. The maximum Gasteiger partial charge on any atom is 0.404 e. The largest absolute Gasteiger partial charge is 0.450 e. The summed E-state index contributed by atoms with van der Waals surface area (Å²) in [5.74, 6) is 0.671. The number of rotatable bonds is 1. The van der Waals surface area contributed by atoms with E-state index in [2.05, 4.69) is 6.92 Å². The Morgan fingerprint density at radius 1 is 1.55 bits per heavy atom. The maximum atomic E-state index is 10.4. The predicted octanol–water partition coefficient (Wildman–Crippen LogP) is 2.94. The van der Waals surface area contributed by atoms with Crippen LogP contribution >= 0.6 is 11.6 Å². The Balaban J connectivity index is 2.28. The summed E-state index contributed by atoms with van der Waals surface area (Å²) in [4.78, 5) is 10.4. The molecule has 0 radical (unpaired) electrons. The molecule has 0 aliphatic heterocycles. The van der Waals surface area contributed by atoms with Gasteiger partial charge in [0.05, 0.1) is 0 Å². The van der Waals surface area contributed by atoms with Crippen molar-refractivity contribution in [3.8, 4) is 0 Å². The quantitative estimate of drug-likeness (QED) is 0.575. The lowest BCUT2D eigenvalue weighted by Gasteiger charge is -2.25. The minimum atomic E-state index is -0.663. The Labute approximate surface area is 71.9 Å². The molecule has 2 atom stereocenters. The van der Waals surface area contributed by atoms with Gasteiger partial charge in [0.2, 0.25) is 0 Å². The van der Waals surface area contributed by atoms with Crippen molar-refractivity contribution in [3.63, 3.8) is 0 Å². The minimum absolute atomic E-state index is 0.0729. The number of carbonyl (C=O) groups is 1. The molecule has 0 N–H and O–H groups in total. The molecule has 0 amide bonds. The van der Waals surface area contributed by atoms with E-state index in [1.807, 2.05) is 0 Å². The third kappa shape index (κ3) is 3.10. The Morgan fingerprint density at radius 2 is 2.27 bits per heavy atom. The Morgan fingerprint density at radius 3 is 2.82 bits per heavy atom. The molecule has 0 saturated heterocycles. The molecule has 11 heavy (non-hydrogen) atoms. The summed E-state index contributed by atoms with van der Waals surface area (Å²) in [6.07, 6.45) is 4.41. The van der Waals surface area contributed by atoms with Crippen molar-refractivity contribution in [1.29, 1.82) is 0 Å². The predicted molar refractivity (Wildman–Crippen MR) is 43.8 cm³/mol. The molecule has 1 aliphatic rings. The number of halogens is 1. The van der Waals surface area contributed by atoms with E-state index in [0.717, 1.165) is 19.3 Å².